The molecule has 2 aromatic rings. The van der Waals surface area contributed by atoms with Crippen molar-refractivity contribution in [2.45, 2.75) is 31.7 Å². The second-order valence-corrected chi connectivity index (χ2v) is 7.24. The van der Waals surface area contributed by atoms with E-state index < -0.39 is 16.1 Å². The van der Waals surface area contributed by atoms with Gasteiger partial charge in [-0.3, -0.25) is 4.79 Å². The first-order chi connectivity index (χ1) is 11.2. The molecule has 1 atom stereocenters. The lowest BCUT2D eigenvalue weighted by atomic mass is 10.1. The van der Waals surface area contributed by atoms with E-state index in [1.54, 1.807) is 13.0 Å². The number of hydrogen-bond acceptors (Lipinski definition) is 4. The van der Waals surface area contributed by atoms with Crippen LogP contribution in [0.2, 0.25) is 0 Å². The Balaban J connectivity index is 2.11. The lowest BCUT2D eigenvalue weighted by Crippen LogP contribution is -2.32. The maximum absolute atomic E-state index is 12.3. The van der Waals surface area contributed by atoms with Gasteiger partial charge in [-0.05, 0) is 56.2 Å². The van der Waals surface area contributed by atoms with E-state index >= 15 is 0 Å². The molecule has 0 aliphatic rings. The fourth-order valence-corrected chi connectivity index (χ4v) is 2.77. The average molecular weight is 347 g/mol. The number of rotatable bonds is 5. The van der Waals surface area contributed by atoms with Gasteiger partial charge >= 0.3 is 0 Å². The maximum atomic E-state index is 12.3. The normalized spacial score (nSPS) is 12.5. The molecule has 0 aliphatic heterocycles. The fraction of sp³-hybridized carbons (Fsp3) is 0.235. The Kier molecular flexibility index (Phi) is 5.26. The molecule has 0 spiro atoms. The molecule has 0 fully saturated rings. The van der Waals surface area contributed by atoms with Gasteiger partial charge in [0.05, 0.1) is 4.90 Å². The van der Waals surface area contributed by atoms with Crippen LogP contribution in [0.1, 0.15) is 18.1 Å². The van der Waals surface area contributed by atoms with Crippen molar-refractivity contribution in [3.8, 4) is 0 Å². The van der Waals surface area contributed by atoms with E-state index in [9.17, 15) is 13.2 Å². The summed E-state index contributed by atoms with van der Waals surface area (Å²) < 4.78 is 22.7. The summed E-state index contributed by atoms with van der Waals surface area (Å²) in [6.07, 6.45) is 0. The van der Waals surface area contributed by atoms with E-state index in [0.717, 1.165) is 16.8 Å². The van der Waals surface area contributed by atoms with Gasteiger partial charge in [0.1, 0.15) is 6.04 Å². The molecule has 0 aromatic heterocycles. The highest BCUT2D eigenvalue weighted by molar-refractivity contribution is 7.89. The van der Waals surface area contributed by atoms with Gasteiger partial charge in [0.2, 0.25) is 15.9 Å². The summed E-state index contributed by atoms with van der Waals surface area (Å²) in [7, 11) is -3.81. The van der Waals surface area contributed by atoms with Crippen molar-refractivity contribution in [1.29, 1.82) is 0 Å². The van der Waals surface area contributed by atoms with Crippen LogP contribution in [0.5, 0.6) is 0 Å². The van der Waals surface area contributed by atoms with Crippen molar-refractivity contribution in [3.05, 3.63) is 53.6 Å². The predicted molar refractivity (Wildman–Crippen MR) is 95.4 cm³/mol. The third-order valence-electron chi connectivity index (χ3n) is 3.80. The van der Waals surface area contributed by atoms with Gasteiger partial charge in [-0.1, -0.05) is 18.2 Å². The van der Waals surface area contributed by atoms with Crippen LogP contribution in [-0.4, -0.2) is 20.4 Å². The molecule has 0 saturated heterocycles. The first kappa shape index (κ1) is 18.0. The van der Waals surface area contributed by atoms with E-state index in [0.29, 0.717) is 5.69 Å². The van der Waals surface area contributed by atoms with Gasteiger partial charge < -0.3 is 10.6 Å². The summed E-state index contributed by atoms with van der Waals surface area (Å²) in [5.41, 5.74) is 3.47. The molecule has 0 heterocycles. The number of benzene rings is 2. The number of nitrogens with two attached hydrogens (primary N) is 1. The molecule has 24 heavy (non-hydrogen) atoms. The van der Waals surface area contributed by atoms with E-state index in [1.165, 1.54) is 18.2 Å². The highest BCUT2D eigenvalue weighted by Crippen LogP contribution is 2.19. The minimum Gasteiger partial charge on any atom is -0.374 e. The van der Waals surface area contributed by atoms with Gasteiger partial charge in [0, 0.05) is 11.4 Å². The second kappa shape index (κ2) is 7.02. The minimum atomic E-state index is -3.81. The number of nitrogens with one attached hydrogen (secondary N) is 2. The quantitative estimate of drug-likeness (QED) is 0.773. The van der Waals surface area contributed by atoms with Gasteiger partial charge in [0.15, 0.2) is 0 Å². The van der Waals surface area contributed by atoms with Crippen LogP contribution in [-0.2, 0) is 14.8 Å². The molecular weight excluding hydrogens is 326 g/mol. The summed E-state index contributed by atoms with van der Waals surface area (Å²) in [6, 6.07) is 11.2. The number of anilines is 2. The van der Waals surface area contributed by atoms with E-state index in [4.69, 9.17) is 5.14 Å². The number of aryl methyl sites for hydroxylation is 1. The summed E-state index contributed by atoms with van der Waals surface area (Å²) >= 11 is 0. The zero-order valence-electron chi connectivity index (χ0n) is 13.8. The van der Waals surface area contributed by atoms with E-state index in [2.05, 4.69) is 10.6 Å². The predicted octanol–water partition coefficient (Wildman–Crippen LogP) is 2.39. The lowest BCUT2D eigenvalue weighted by Gasteiger charge is -2.18. The van der Waals surface area contributed by atoms with Crippen molar-refractivity contribution in [1.82, 2.24) is 0 Å². The van der Waals surface area contributed by atoms with Gasteiger partial charge in [-0.15, -0.1) is 0 Å². The molecule has 0 radical (unpaired) electrons. The Bertz CT molecular complexity index is 863. The molecule has 7 heteroatoms. The van der Waals surface area contributed by atoms with E-state index in [1.807, 2.05) is 32.0 Å². The first-order valence-electron chi connectivity index (χ1n) is 7.45. The Morgan fingerprint density at radius 1 is 1.12 bits per heavy atom. The zero-order valence-corrected chi connectivity index (χ0v) is 14.6. The number of carbonyl (C=O) groups is 1. The van der Waals surface area contributed by atoms with Gasteiger partial charge in [-0.25, -0.2) is 13.6 Å². The van der Waals surface area contributed by atoms with Crippen LogP contribution >= 0.6 is 0 Å². The summed E-state index contributed by atoms with van der Waals surface area (Å²) in [6.45, 7) is 5.72. The van der Waals surface area contributed by atoms with Crippen LogP contribution in [0.4, 0.5) is 11.4 Å². The largest absolute Gasteiger partial charge is 0.374 e. The Morgan fingerprint density at radius 2 is 1.79 bits per heavy atom. The minimum absolute atomic E-state index is 0.0459. The maximum Gasteiger partial charge on any atom is 0.246 e. The Hall–Kier alpha value is -2.38. The molecule has 2 rings (SSSR count). The summed E-state index contributed by atoms with van der Waals surface area (Å²) in [5, 5.41) is 10.9. The van der Waals surface area contributed by atoms with Crippen LogP contribution in [0, 0.1) is 13.8 Å². The van der Waals surface area contributed by atoms with Gasteiger partial charge in [0.25, 0.3) is 0 Å². The van der Waals surface area contributed by atoms with Crippen LogP contribution in [0.3, 0.4) is 0 Å². The standard InChI is InChI=1S/C17H21N3O3S/c1-11-6-4-9-16(12(11)2)19-13(3)17(21)20-14-7-5-8-15(10-14)24(18,22)23/h4-10,13,19H,1-3H3,(H,20,21)(H2,18,22,23). The second-order valence-electron chi connectivity index (χ2n) is 5.68. The molecule has 0 aliphatic carbocycles. The number of amides is 1. The summed E-state index contributed by atoms with van der Waals surface area (Å²) in [5.74, 6) is -0.275. The average Bonchev–Trinajstić information content (AvgIpc) is 2.51. The lowest BCUT2D eigenvalue weighted by molar-refractivity contribution is -0.116. The number of carbonyl (C=O) groups excluding carboxylic acids is 1. The summed E-state index contributed by atoms with van der Waals surface area (Å²) in [4.78, 5) is 12.3. The molecule has 6 nitrogen and oxygen atoms in total. The molecular formula is C17H21N3O3S. The number of hydrogen-bond donors (Lipinski definition) is 3. The molecule has 128 valence electrons. The highest BCUT2D eigenvalue weighted by atomic mass is 32.2. The number of primary sulfonamides is 1. The molecule has 2 aromatic carbocycles. The molecule has 0 bridgehead atoms. The smallest absolute Gasteiger partial charge is 0.246 e. The van der Waals surface area contributed by atoms with Crippen molar-refractivity contribution >= 4 is 27.3 Å². The third-order valence-corrected chi connectivity index (χ3v) is 4.71. The Morgan fingerprint density at radius 3 is 2.46 bits per heavy atom. The molecule has 0 saturated carbocycles. The monoisotopic (exact) mass is 347 g/mol. The first-order valence-corrected chi connectivity index (χ1v) is 8.99. The SMILES string of the molecule is Cc1cccc(NC(C)C(=O)Nc2cccc(S(N)(=O)=O)c2)c1C. The van der Waals surface area contributed by atoms with Crippen molar-refractivity contribution in [2.24, 2.45) is 5.14 Å². The van der Waals surface area contributed by atoms with Crippen LogP contribution in [0.25, 0.3) is 0 Å². The highest BCUT2D eigenvalue weighted by Gasteiger charge is 2.15. The Labute approximate surface area is 142 Å². The van der Waals surface area contributed by atoms with E-state index in [-0.39, 0.29) is 10.8 Å². The third kappa shape index (κ3) is 4.33. The van der Waals surface area contributed by atoms with Crippen molar-refractivity contribution < 1.29 is 13.2 Å². The van der Waals surface area contributed by atoms with Gasteiger partial charge in [-0.2, -0.15) is 0 Å². The van der Waals surface area contributed by atoms with Crippen LogP contribution < -0.4 is 15.8 Å². The fourth-order valence-electron chi connectivity index (χ4n) is 2.21. The molecule has 4 N–H and O–H groups in total. The van der Waals surface area contributed by atoms with Crippen LogP contribution in [0.15, 0.2) is 47.4 Å². The van der Waals surface area contributed by atoms with Crippen molar-refractivity contribution in [2.75, 3.05) is 10.6 Å². The molecule has 1 unspecified atom stereocenters. The zero-order chi connectivity index (χ0) is 17.9. The molecule has 1 amide bonds. The topological polar surface area (TPSA) is 101 Å². The van der Waals surface area contributed by atoms with Crippen molar-refractivity contribution in [3.63, 3.8) is 0 Å². The number of sulfonamides is 1.